The van der Waals surface area contributed by atoms with Crippen molar-refractivity contribution in [1.29, 1.82) is 0 Å². The van der Waals surface area contributed by atoms with Crippen LogP contribution in [-0.4, -0.2) is 52.0 Å². The minimum Gasteiger partial charge on any atom is -0.442 e. The van der Waals surface area contributed by atoms with Crippen molar-refractivity contribution in [3.8, 4) is 0 Å². The lowest BCUT2D eigenvalue weighted by Crippen LogP contribution is -2.33. The summed E-state index contributed by atoms with van der Waals surface area (Å²) in [5.74, 6) is -0.757. The third-order valence-corrected chi connectivity index (χ3v) is 5.22. The maximum absolute atomic E-state index is 15.1. The van der Waals surface area contributed by atoms with Crippen LogP contribution in [0, 0.1) is 0 Å². The number of pyridine rings is 2. The highest BCUT2D eigenvalue weighted by Crippen LogP contribution is 2.30. The number of anilines is 1. The topological polar surface area (TPSA) is 114 Å². The molecule has 1 saturated heterocycles. The van der Waals surface area contributed by atoms with Crippen molar-refractivity contribution in [3.05, 3.63) is 83.7 Å². The first-order valence-electron chi connectivity index (χ1n) is 10.6. The minimum absolute atomic E-state index is 0.188. The summed E-state index contributed by atoms with van der Waals surface area (Å²) in [4.78, 5) is 45.1. The van der Waals surface area contributed by atoms with Gasteiger partial charge < -0.3 is 15.4 Å². The fourth-order valence-corrected chi connectivity index (χ4v) is 3.51. The molecule has 3 heterocycles. The highest BCUT2D eigenvalue weighted by molar-refractivity contribution is 6.03. The molecule has 1 aliphatic carbocycles. The van der Waals surface area contributed by atoms with Crippen molar-refractivity contribution in [2.45, 2.75) is 19.4 Å². The Morgan fingerprint density at radius 2 is 2.12 bits per heavy atom. The number of aromatic nitrogens is 2. The fraction of sp³-hybridized carbons (Fsp3) is 0.208. The van der Waals surface area contributed by atoms with Gasteiger partial charge in [-0.25, -0.2) is 14.2 Å². The second-order valence-corrected chi connectivity index (χ2v) is 7.68. The van der Waals surface area contributed by atoms with Crippen molar-refractivity contribution >= 4 is 29.3 Å². The molecular weight excluding hydrogens is 441 g/mol. The predicted molar refractivity (Wildman–Crippen MR) is 122 cm³/mol. The lowest BCUT2D eigenvalue weighted by molar-refractivity contribution is -0.119. The Kier molecular flexibility index (Phi) is 6.77. The van der Waals surface area contributed by atoms with Gasteiger partial charge in [0.1, 0.15) is 17.7 Å². The Hall–Kier alpha value is -4.34. The van der Waals surface area contributed by atoms with Gasteiger partial charge in [0.2, 0.25) is 5.91 Å². The Bertz CT molecular complexity index is 1190. The molecule has 2 aromatic heterocycles. The summed E-state index contributed by atoms with van der Waals surface area (Å²) in [6, 6.07) is 6.55. The van der Waals surface area contributed by atoms with Crippen LogP contribution in [0.4, 0.5) is 15.0 Å². The maximum atomic E-state index is 15.1. The lowest BCUT2D eigenvalue weighted by Gasteiger charge is -2.13. The number of cyclic esters (lactones) is 1. The average molecular weight is 463 g/mol. The number of carbonyl (C=O) groups excluding carboxylic acids is 3. The molecule has 9 nitrogen and oxygen atoms in total. The molecule has 4 rings (SSSR count). The third-order valence-electron chi connectivity index (χ3n) is 5.22. The first kappa shape index (κ1) is 22.8. The second-order valence-electron chi connectivity index (χ2n) is 7.68. The molecule has 2 aromatic rings. The van der Waals surface area contributed by atoms with E-state index >= 15 is 4.39 Å². The standard InChI is InChI=1S/C24H22FN5O4/c1-15(31)27-13-19-14-30(24(33)34-19)18-5-2-6-20(21(25)10-18)16-7-8-22(28-12-16)29-23(32)17-4-3-9-26-11-17/h2-5,7-12,19H,6,13-14H2,1H3,(H,27,31)(H,28,29,32). The van der Waals surface area contributed by atoms with Crippen LogP contribution in [0.15, 0.2) is 72.6 Å². The molecule has 0 bridgehead atoms. The largest absolute Gasteiger partial charge is 0.442 e. The van der Waals surface area contributed by atoms with E-state index in [-0.39, 0.29) is 31.3 Å². The molecule has 10 heteroatoms. The van der Waals surface area contributed by atoms with Crippen LogP contribution >= 0.6 is 0 Å². The van der Waals surface area contributed by atoms with Gasteiger partial charge in [0, 0.05) is 36.8 Å². The minimum atomic E-state index is -0.599. The van der Waals surface area contributed by atoms with Crippen LogP contribution in [0.1, 0.15) is 29.3 Å². The number of carbonyl (C=O) groups is 3. The van der Waals surface area contributed by atoms with E-state index < -0.39 is 18.0 Å². The summed E-state index contributed by atoms with van der Waals surface area (Å²) in [6.07, 6.45) is 8.36. The second kappa shape index (κ2) is 10.1. The smallest absolute Gasteiger partial charge is 0.414 e. The Labute approximate surface area is 195 Å². The molecule has 0 radical (unpaired) electrons. The van der Waals surface area contributed by atoms with Crippen LogP contribution in [0.25, 0.3) is 5.57 Å². The SMILES string of the molecule is CC(=O)NCC1CN(C2=CC(F)=C(c3ccc(NC(=O)c4cccnc4)nc3)CC=C2)C(=O)O1. The Morgan fingerprint density at radius 1 is 1.26 bits per heavy atom. The number of amides is 3. The van der Waals surface area contributed by atoms with Crippen LogP contribution in [0.5, 0.6) is 0 Å². The average Bonchev–Trinajstić information content (AvgIpc) is 3.10. The zero-order valence-electron chi connectivity index (χ0n) is 18.3. The van der Waals surface area contributed by atoms with E-state index in [1.807, 2.05) is 0 Å². The van der Waals surface area contributed by atoms with E-state index in [4.69, 9.17) is 4.74 Å². The van der Waals surface area contributed by atoms with Crippen molar-refractivity contribution in [3.63, 3.8) is 0 Å². The van der Waals surface area contributed by atoms with Gasteiger partial charge in [0.15, 0.2) is 0 Å². The van der Waals surface area contributed by atoms with Crippen molar-refractivity contribution in [2.75, 3.05) is 18.4 Å². The molecule has 2 N–H and O–H groups in total. The first-order valence-corrected chi connectivity index (χ1v) is 10.6. The number of hydrogen-bond donors (Lipinski definition) is 2. The van der Waals surface area contributed by atoms with Crippen LogP contribution < -0.4 is 10.6 Å². The molecule has 2 aliphatic rings. The van der Waals surface area contributed by atoms with E-state index in [1.165, 1.54) is 30.3 Å². The van der Waals surface area contributed by atoms with Gasteiger partial charge in [-0.15, -0.1) is 0 Å². The first-order chi connectivity index (χ1) is 16.4. The van der Waals surface area contributed by atoms with Gasteiger partial charge in [-0.2, -0.15) is 0 Å². The molecule has 34 heavy (non-hydrogen) atoms. The molecule has 1 atom stereocenters. The van der Waals surface area contributed by atoms with Gasteiger partial charge in [-0.3, -0.25) is 19.5 Å². The number of rotatable bonds is 6. The highest BCUT2D eigenvalue weighted by Gasteiger charge is 2.33. The normalized spacial score (nSPS) is 17.7. The number of hydrogen-bond acceptors (Lipinski definition) is 6. The molecule has 3 amide bonds. The molecule has 0 saturated carbocycles. The number of ether oxygens (including phenoxy) is 1. The summed E-state index contributed by atoms with van der Waals surface area (Å²) >= 11 is 0. The quantitative estimate of drug-likeness (QED) is 0.680. The molecule has 0 spiro atoms. The highest BCUT2D eigenvalue weighted by atomic mass is 19.1. The number of halogens is 1. The van der Waals surface area contributed by atoms with Crippen molar-refractivity contribution < 1.29 is 23.5 Å². The number of nitrogens with one attached hydrogen (secondary N) is 2. The summed E-state index contributed by atoms with van der Waals surface area (Å²) in [5.41, 5.74) is 1.70. The predicted octanol–water partition coefficient (Wildman–Crippen LogP) is 3.21. The summed E-state index contributed by atoms with van der Waals surface area (Å²) in [5, 5.41) is 5.28. The zero-order chi connectivity index (χ0) is 24.1. The molecule has 1 fully saturated rings. The van der Waals surface area contributed by atoms with E-state index in [0.717, 1.165) is 0 Å². The van der Waals surface area contributed by atoms with Crippen LogP contribution in [-0.2, 0) is 9.53 Å². The van der Waals surface area contributed by atoms with Crippen molar-refractivity contribution in [2.24, 2.45) is 0 Å². The maximum Gasteiger partial charge on any atom is 0.414 e. The van der Waals surface area contributed by atoms with Gasteiger partial charge >= 0.3 is 6.09 Å². The zero-order valence-corrected chi connectivity index (χ0v) is 18.3. The van der Waals surface area contributed by atoms with Gasteiger partial charge in [0.25, 0.3) is 5.91 Å². The molecule has 0 aromatic carbocycles. The summed E-state index contributed by atoms with van der Waals surface area (Å²) < 4.78 is 20.4. The van der Waals surface area contributed by atoms with E-state index in [0.29, 0.717) is 28.2 Å². The Morgan fingerprint density at radius 3 is 2.82 bits per heavy atom. The number of allylic oxidation sites excluding steroid dienone is 5. The molecular formula is C24H22FN5O4. The third kappa shape index (κ3) is 5.34. The molecule has 174 valence electrons. The van der Waals surface area contributed by atoms with Gasteiger partial charge in [0.05, 0.1) is 18.7 Å². The summed E-state index contributed by atoms with van der Waals surface area (Å²) in [6.45, 7) is 1.77. The van der Waals surface area contributed by atoms with Crippen LogP contribution in [0.3, 0.4) is 0 Å². The van der Waals surface area contributed by atoms with Gasteiger partial charge in [-0.05, 0) is 48.4 Å². The summed E-state index contributed by atoms with van der Waals surface area (Å²) in [7, 11) is 0. The van der Waals surface area contributed by atoms with E-state index in [9.17, 15) is 14.4 Å². The van der Waals surface area contributed by atoms with E-state index in [1.54, 1.807) is 42.6 Å². The van der Waals surface area contributed by atoms with Crippen LogP contribution in [0.2, 0.25) is 0 Å². The van der Waals surface area contributed by atoms with Crippen molar-refractivity contribution in [1.82, 2.24) is 20.2 Å². The molecule has 1 aliphatic heterocycles. The van der Waals surface area contributed by atoms with Gasteiger partial charge in [-0.1, -0.05) is 6.08 Å². The molecule has 1 unspecified atom stereocenters. The number of nitrogens with zero attached hydrogens (tertiary/aromatic N) is 3. The fourth-order valence-electron chi connectivity index (χ4n) is 3.51. The Balaban J connectivity index is 1.47. The monoisotopic (exact) mass is 463 g/mol. The van der Waals surface area contributed by atoms with E-state index in [2.05, 4.69) is 20.6 Å². The lowest BCUT2D eigenvalue weighted by atomic mass is 10.0.